The Labute approximate surface area is 119 Å². The first-order valence-electron chi connectivity index (χ1n) is 6.21. The molecule has 0 aliphatic heterocycles. The van der Waals surface area contributed by atoms with E-state index in [-0.39, 0.29) is 18.5 Å². The molecule has 20 heavy (non-hydrogen) atoms. The fraction of sp³-hybridized carbons (Fsp3) is 0.667. The number of rotatable bonds is 8. The maximum absolute atomic E-state index is 11.3. The second-order valence-electron chi connectivity index (χ2n) is 4.37. The summed E-state index contributed by atoms with van der Waals surface area (Å²) in [5, 5.41) is 0. The third kappa shape index (κ3) is 9.51. The smallest absolute Gasteiger partial charge is 0.331 e. The summed E-state index contributed by atoms with van der Waals surface area (Å²) in [6.45, 7) is 6.32. The van der Waals surface area contributed by atoms with Gasteiger partial charge in [-0.25, -0.2) is 22.7 Å². The largest absolute Gasteiger partial charge is 0.461 e. The first-order chi connectivity index (χ1) is 9.16. The Morgan fingerprint density at radius 2 is 1.70 bits per heavy atom. The molecule has 0 amide bonds. The highest BCUT2D eigenvalue weighted by Crippen LogP contribution is 1.94. The molecule has 1 unspecified atom stereocenters. The van der Waals surface area contributed by atoms with Crippen molar-refractivity contribution in [1.82, 2.24) is 4.72 Å². The monoisotopic (exact) mass is 307 g/mol. The van der Waals surface area contributed by atoms with Crippen molar-refractivity contribution in [3.63, 3.8) is 0 Å². The summed E-state index contributed by atoms with van der Waals surface area (Å²) in [7, 11) is -3.34. The first-order valence-corrected chi connectivity index (χ1v) is 7.87. The Morgan fingerprint density at radius 1 is 1.15 bits per heavy atom. The molecule has 0 radical (unpaired) electrons. The zero-order valence-electron chi connectivity index (χ0n) is 12.1. The Morgan fingerprint density at radius 3 is 2.20 bits per heavy atom. The topological polar surface area (TPSA) is 98.8 Å². The summed E-state index contributed by atoms with van der Waals surface area (Å²) in [5.41, 5.74) is 0. The SMILES string of the molecule is CCS(=O)(=O)NC(C)COC(=O)/C=C/C(=O)OC(C)C. The van der Waals surface area contributed by atoms with Gasteiger partial charge in [0, 0.05) is 12.2 Å². The van der Waals surface area contributed by atoms with E-state index in [1.54, 1.807) is 20.8 Å². The van der Waals surface area contributed by atoms with Crippen LogP contribution in [0.15, 0.2) is 12.2 Å². The van der Waals surface area contributed by atoms with E-state index in [9.17, 15) is 18.0 Å². The second-order valence-corrected chi connectivity index (χ2v) is 6.41. The maximum atomic E-state index is 11.3. The minimum Gasteiger partial charge on any atom is -0.461 e. The molecule has 0 aromatic rings. The number of sulfonamides is 1. The minimum absolute atomic E-state index is 0.0494. The molecule has 0 fully saturated rings. The van der Waals surface area contributed by atoms with Crippen LogP contribution in [0.3, 0.4) is 0 Å². The summed E-state index contributed by atoms with van der Waals surface area (Å²) in [4.78, 5) is 22.4. The van der Waals surface area contributed by atoms with Crippen LogP contribution in [0.25, 0.3) is 0 Å². The fourth-order valence-corrected chi connectivity index (χ4v) is 1.93. The van der Waals surface area contributed by atoms with Crippen molar-refractivity contribution < 1.29 is 27.5 Å². The van der Waals surface area contributed by atoms with E-state index >= 15 is 0 Å². The molecule has 0 spiro atoms. The third-order valence-electron chi connectivity index (χ3n) is 1.94. The number of esters is 2. The average Bonchev–Trinajstić information content (AvgIpc) is 2.32. The first kappa shape index (κ1) is 18.6. The molecule has 0 bridgehead atoms. The van der Waals surface area contributed by atoms with Crippen molar-refractivity contribution in [3.8, 4) is 0 Å². The van der Waals surface area contributed by atoms with Crippen molar-refractivity contribution >= 4 is 22.0 Å². The van der Waals surface area contributed by atoms with Crippen LogP contribution in [0, 0.1) is 0 Å². The van der Waals surface area contributed by atoms with Crippen LogP contribution in [0.5, 0.6) is 0 Å². The van der Waals surface area contributed by atoms with Gasteiger partial charge in [-0.05, 0) is 27.7 Å². The highest BCUT2D eigenvalue weighted by Gasteiger charge is 2.13. The van der Waals surface area contributed by atoms with Gasteiger partial charge in [-0.2, -0.15) is 0 Å². The van der Waals surface area contributed by atoms with Crippen LogP contribution in [-0.2, 0) is 29.1 Å². The lowest BCUT2D eigenvalue weighted by atomic mass is 10.4. The Kier molecular flexibility index (Phi) is 8.09. The van der Waals surface area contributed by atoms with Crippen molar-refractivity contribution in [3.05, 3.63) is 12.2 Å². The van der Waals surface area contributed by atoms with Crippen LogP contribution in [0.2, 0.25) is 0 Å². The molecule has 0 aromatic carbocycles. The average molecular weight is 307 g/mol. The van der Waals surface area contributed by atoms with Crippen LogP contribution >= 0.6 is 0 Å². The normalized spacial score (nSPS) is 13.4. The lowest BCUT2D eigenvalue weighted by Crippen LogP contribution is -2.37. The van der Waals surface area contributed by atoms with Gasteiger partial charge in [0.2, 0.25) is 10.0 Å². The number of hydrogen-bond acceptors (Lipinski definition) is 6. The molecular weight excluding hydrogens is 286 g/mol. The lowest BCUT2D eigenvalue weighted by molar-refractivity contribution is -0.143. The van der Waals surface area contributed by atoms with Gasteiger partial charge >= 0.3 is 11.9 Å². The molecule has 8 heteroatoms. The zero-order valence-corrected chi connectivity index (χ0v) is 12.9. The van der Waals surface area contributed by atoms with Crippen LogP contribution in [0.4, 0.5) is 0 Å². The van der Waals surface area contributed by atoms with E-state index in [0.29, 0.717) is 0 Å². The maximum Gasteiger partial charge on any atom is 0.331 e. The molecule has 0 saturated heterocycles. The van der Waals surface area contributed by atoms with Crippen molar-refractivity contribution in [2.24, 2.45) is 0 Å². The number of hydrogen-bond donors (Lipinski definition) is 1. The minimum atomic E-state index is -3.34. The van der Waals surface area contributed by atoms with Gasteiger partial charge in [0.1, 0.15) is 6.61 Å². The molecule has 1 atom stereocenters. The van der Waals surface area contributed by atoms with E-state index in [0.717, 1.165) is 12.2 Å². The summed E-state index contributed by atoms with van der Waals surface area (Å²) < 4.78 is 34.4. The molecule has 0 aromatic heterocycles. The van der Waals surface area contributed by atoms with Gasteiger partial charge in [-0.3, -0.25) is 0 Å². The summed E-state index contributed by atoms with van der Waals surface area (Å²) in [5.74, 6) is -1.43. The number of nitrogens with one attached hydrogen (secondary N) is 1. The van der Waals surface area contributed by atoms with Crippen molar-refractivity contribution in [2.75, 3.05) is 12.4 Å². The van der Waals surface area contributed by atoms with Gasteiger partial charge in [-0.15, -0.1) is 0 Å². The predicted molar refractivity (Wildman–Crippen MR) is 73.4 cm³/mol. The molecule has 1 N–H and O–H groups in total. The van der Waals surface area contributed by atoms with Crippen molar-refractivity contribution in [1.29, 1.82) is 0 Å². The molecular formula is C12H21NO6S. The van der Waals surface area contributed by atoms with Crippen LogP contribution < -0.4 is 4.72 Å². The van der Waals surface area contributed by atoms with Gasteiger partial charge in [0.25, 0.3) is 0 Å². The summed E-state index contributed by atoms with van der Waals surface area (Å²) >= 11 is 0. The number of carbonyl (C=O) groups excluding carboxylic acids is 2. The molecule has 7 nitrogen and oxygen atoms in total. The standard InChI is InChI=1S/C12H21NO6S/c1-5-20(16,17)13-10(4)8-18-11(14)6-7-12(15)19-9(2)3/h6-7,9-10,13H,5,8H2,1-4H3/b7-6+. The lowest BCUT2D eigenvalue weighted by Gasteiger charge is -2.12. The van der Waals surface area contributed by atoms with E-state index in [2.05, 4.69) is 4.72 Å². The fourth-order valence-electron chi connectivity index (χ4n) is 1.09. The van der Waals surface area contributed by atoms with Crippen LogP contribution in [0.1, 0.15) is 27.7 Å². The van der Waals surface area contributed by atoms with Gasteiger partial charge in [0.05, 0.1) is 17.9 Å². The molecule has 0 saturated carbocycles. The van der Waals surface area contributed by atoms with Gasteiger partial charge in [-0.1, -0.05) is 0 Å². The van der Waals surface area contributed by atoms with E-state index < -0.39 is 28.0 Å². The Bertz CT molecular complexity index is 455. The number of carbonyl (C=O) groups is 2. The quantitative estimate of drug-likeness (QED) is 0.513. The van der Waals surface area contributed by atoms with E-state index in [4.69, 9.17) is 9.47 Å². The Balaban J connectivity index is 4.11. The van der Waals surface area contributed by atoms with Crippen molar-refractivity contribution in [2.45, 2.75) is 39.8 Å². The molecule has 0 rings (SSSR count). The highest BCUT2D eigenvalue weighted by atomic mass is 32.2. The number of ether oxygens (including phenoxy) is 2. The molecule has 0 aliphatic rings. The van der Waals surface area contributed by atoms with Gasteiger partial charge < -0.3 is 9.47 Å². The second kappa shape index (κ2) is 8.70. The van der Waals surface area contributed by atoms with E-state index in [1.165, 1.54) is 6.92 Å². The summed E-state index contributed by atoms with van der Waals surface area (Å²) in [6.07, 6.45) is 1.63. The summed E-state index contributed by atoms with van der Waals surface area (Å²) in [6, 6.07) is -0.542. The zero-order chi connectivity index (χ0) is 15.8. The van der Waals surface area contributed by atoms with Gasteiger partial charge in [0.15, 0.2) is 0 Å². The molecule has 0 aliphatic carbocycles. The molecule has 116 valence electrons. The predicted octanol–water partition coefficient (Wildman–Crippen LogP) is 0.365. The highest BCUT2D eigenvalue weighted by molar-refractivity contribution is 7.89. The third-order valence-corrected chi connectivity index (χ3v) is 3.47. The Hall–Kier alpha value is -1.41. The molecule has 0 heterocycles. The van der Waals surface area contributed by atoms with Crippen LogP contribution in [-0.4, -0.2) is 44.9 Å². The van der Waals surface area contributed by atoms with E-state index in [1.807, 2.05) is 0 Å².